The zero-order valence-corrected chi connectivity index (χ0v) is 8.82. The normalized spacial score (nSPS) is 11.1. The molecule has 16 heavy (non-hydrogen) atoms. The number of nitrogens with zero attached hydrogens (tertiary/aromatic N) is 1. The Hall–Kier alpha value is -2.16. The Balaban J connectivity index is 2.72. The monoisotopic (exact) mass is 210 g/mol. The van der Waals surface area contributed by atoms with Gasteiger partial charge in [0.25, 0.3) is 5.56 Å². The molecule has 0 unspecified atom stereocenters. The van der Waals surface area contributed by atoms with E-state index in [0.717, 1.165) is 27.2 Å². The molecule has 0 aliphatic carbocycles. The molecule has 2 aromatic heterocycles. The van der Waals surface area contributed by atoms with Crippen LogP contribution in [0.2, 0.25) is 0 Å². The van der Waals surface area contributed by atoms with Crippen LogP contribution in [0, 0.1) is 6.92 Å². The zero-order valence-electron chi connectivity index (χ0n) is 8.82. The maximum Gasteiger partial charge on any atom is 0.256 e. The maximum absolute atomic E-state index is 11.8. The summed E-state index contributed by atoms with van der Waals surface area (Å²) in [7, 11) is 0. The summed E-state index contributed by atoms with van der Waals surface area (Å²) < 4.78 is 0. The van der Waals surface area contributed by atoms with E-state index in [-0.39, 0.29) is 5.56 Å². The molecule has 0 spiro atoms. The number of aromatic nitrogens is 2. The third kappa shape index (κ3) is 1.15. The molecule has 1 N–H and O–H groups in total. The van der Waals surface area contributed by atoms with Gasteiger partial charge < -0.3 is 4.98 Å². The van der Waals surface area contributed by atoms with Gasteiger partial charge in [-0.25, -0.2) is 0 Å². The van der Waals surface area contributed by atoms with Gasteiger partial charge in [-0.15, -0.1) is 0 Å². The van der Waals surface area contributed by atoms with Crippen molar-refractivity contribution < 1.29 is 0 Å². The van der Waals surface area contributed by atoms with Crippen LogP contribution in [0.25, 0.3) is 21.7 Å². The Morgan fingerprint density at radius 1 is 1.31 bits per heavy atom. The van der Waals surface area contributed by atoms with Crippen LogP contribution in [0.5, 0.6) is 0 Å². The van der Waals surface area contributed by atoms with E-state index in [4.69, 9.17) is 0 Å². The minimum absolute atomic E-state index is 0.0597. The number of nitrogens with one attached hydrogen (secondary N) is 1. The summed E-state index contributed by atoms with van der Waals surface area (Å²) in [5.41, 5.74) is 1.93. The van der Waals surface area contributed by atoms with Crippen LogP contribution < -0.4 is 5.56 Å². The highest BCUT2D eigenvalue weighted by atomic mass is 16.1. The number of H-pyrrole nitrogens is 1. The van der Waals surface area contributed by atoms with Crippen LogP contribution in [-0.2, 0) is 0 Å². The number of pyridine rings is 2. The molecular formula is C13H10N2O. The maximum atomic E-state index is 11.8. The van der Waals surface area contributed by atoms with Gasteiger partial charge in [-0.05, 0) is 36.1 Å². The molecule has 0 aliphatic heterocycles. The molecule has 0 saturated heterocycles. The Bertz CT molecular complexity index is 744. The fourth-order valence-electron chi connectivity index (χ4n) is 2.11. The van der Waals surface area contributed by atoms with Gasteiger partial charge in [0.1, 0.15) is 0 Å². The number of aryl methyl sites for hydroxylation is 1. The van der Waals surface area contributed by atoms with Crippen molar-refractivity contribution in [2.24, 2.45) is 0 Å². The van der Waals surface area contributed by atoms with Crippen LogP contribution in [0.1, 0.15) is 5.56 Å². The van der Waals surface area contributed by atoms with E-state index in [1.54, 1.807) is 12.4 Å². The summed E-state index contributed by atoms with van der Waals surface area (Å²) in [6.07, 6.45) is 3.42. The molecule has 0 saturated carbocycles. The Morgan fingerprint density at radius 2 is 2.19 bits per heavy atom. The third-order valence-corrected chi connectivity index (χ3v) is 2.82. The predicted molar refractivity (Wildman–Crippen MR) is 64.6 cm³/mol. The highest BCUT2D eigenvalue weighted by Crippen LogP contribution is 2.23. The summed E-state index contributed by atoms with van der Waals surface area (Å²) in [5, 5.41) is 2.59. The Kier molecular flexibility index (Phi) is 1.80. The minimum Gasteiger partial charge on any atom is -0.329 e. The lowest BCUT2D eigenvalue weighted by molar-refractivity contribution is 1.28. The van der Waals surface area contributed by atoms with E-state index in [1.165, 1.54) is 0 Å². The molecule has 3 heteroatoms. The molecule has 0 atom stereocenters. The van der Waals surface area contributed by atoms with Crippen molar-refractivity contribution in [1.29, 1.82) is 0 Å². The van der Waals surface area contributed by atoms with Crippen molar-refractivity contribution in [3.63, 3.8) is 0 Å². The second-order valence-electron chi connectivity index (χ2n) is 3.86. The second kappa shape index (κ2) is 3.17. The highest BCUT2D eigenvalue weighted by molar-refractivity contribution is 6.06. The molecule has 1 aromatic carbocycles. The number of rotatable bonds is 0. The van der Waals surface area contributed by atoms with Crippen LogP contribution in [0.15, 0.2) is 41.5 Å². The van der Waals surface area contributed by atoms with Gasteiger partial charge in [0.2, 0.25) is 0 Å². The number of benzene rings is 1. The predicted octanol–water partition coefficient (Wildman–Crippen LogP) is 2.38. The van der Waals surface area contributed by atoms with Crippen molar-refractivity contribution in [1.82, 2.24) is 9.97 Å². The molecule has 0 amide bonds. The van der Waals surface area contributed by atoms with E-state index in [2.05, 4.69) is 9.97 Å². The lowest BCUT2D eigenvalue weighted by Gasteiger charge is -2.04. The first kappa shape index (κ1) is 9.09. The number of aromatic amines is 1. The molecule has 3 rings (SSSR count). The molecule has 78 valence electrons. The summed E-state index contributed by atoms with van der Waals surface area (Å²) in [6.45, 7) is 2.01. The van der Waals surface area contributed by atoms with Gasteiger partial charge in [-0.1, -0.05) is 6.07 Å². The second-order valence-corrected chi connectivity index (χ2v) is 3.86. The van der Waals surface area contributed by atoms with E-state index in [9.17, 15) is 4.79 Å². The summed E-state index contributed by atoms with van der Waals surface area (Å²) in [5.74, 6) is 0. The van der Waals surface area contributed by atoms with Crippen LogP contribution in [0.4, 0.5) is 0 Å². The SMILES string of the molecule is Cc1cc2cc[nH]c(=O)c2c2cccnc12. The number of hydrogen-bond donors (Lipinski definition) is 1. The van der Waals surface area contributed by atoms with Gasteiger partial charge in [0.15, 0.2) is 0 Å². The van der Waals surface area contributed by atoms with Crippen molar-refractivity contribution in [2.75, 3.05) is 0 Å². The average Bonchev–Trinajstić information content (AvgIpc) is 2.29. The highest BCUT2D eigenvalue weighted by Gasteiger charge is 2.06. The standard InChI is InChI=1S/C13H10N2O/c1-8-7-9-4-6-15-13(16)11(9)10-3-2-5-14-12(8)10/h2-7H,1H3,(H,15,16). The molecule has 0 fully saturated rings. The zero-order chi connectivity index (χ0) is 11.1. The Labute approximate surface area is 91.8 Å². The average molecular weight is 210 g/mol. The molecule has 2 heterocycles. The molecule has 0 bridgehead atoms. The molecular weight excluding hydrogens is 200 g/mol. The van der Waals surface area contributed by atoms with Crippen LogP contribution in [0.3, 0.4) is 0 Å². The largest absolute Gasteiger partial charge is 0.329 e. The van der Waals surface area contributed by atoms with E-state index in [0.29, 0.717) is 0 Å². The summed E-state index contributed by atoms with van der Waals surface area (Å²) in [4.78, 5) is 18.8. The van der Waals surface area contributed by atoms with Gasteiger partial charge in [0.05, 0.1) is 10.9 Å². The third-order valence-electron chi connectivity index (χ3n) is 2.82. The van der Waals surface area contributed by atoms with E-state index >= 15 is 0 Å². The summed E-state index contributed by atoms with van der Waals surface area (Å²) in [6, 6.07) is 7.70. The first-order chi connectivity index (χ1) is 7.77. The quantitative estimate of drug-likeness (QED) is 0.579. The van der Waals surface area contributed by atoms with Crippen LogP contribution in [-0.4, -0.2) is 9.97 Å². The Morgan fingerprint density at radius 3 is 3.06 bits per heavy atom. The fraction of sp³-hybridized carbons (Fsp3) is 0.0769. The topological polar surface area (TPSA) is 45.8 Å². The lowest BCUT2D eigenvalue weighted by Crippen LogP contribution is -2.05. The molecule has 3 aromatic rings. The van der Waals surface area contributed by atoms with Crippen molar-refractivity contribution in [2.45, 2.75) is 6.92 Å². The molecule has 0 radical (unpaired) electrons. The molecule has 0 aliphatic rings. The fourth-order valence-corrected chi connectivity index (χ4v) is 2.11. The van der Waals surface area contributed by atoms with Crippen molar-refractivity contribution in [3.8, 4) is 0 Å². The minimum atomic E-state index is -0.0597. The number of hydrogen-bond acceptors (Lipinski definition) is 2. The first-order valence-corrected chi connectivity index (χ1v) is 5.13. The van der Waals surface area contributed by atoms with Gasteiger partial charge in [0, 0.05) is 17.8 Å². The van der Waals surface area contributed by atoms with Crippen molar-refractivity contribution >= 4 is 21.7 Å². The van der Waals surface area contributed by atoms with Gasteiger partial charge in [-0.3, -0.25) is 9.78 Å². The first-order valence-electron chi connectivity index (χ1n) is 5.13. The van der Waals surface area contributed by atoms with E-state index < -0.39 is 0 Å². The number of fused-ring (bicyclic) bond motifs is 3. The lowest BCUT2D eigenvalue weighted by atomic mass is 10.0. The molecule has 3 nitrogen and oxygen atoms in total. The van der Waals surface area contributed by atoms with E-state index in [1.807, 2.05) is 31.2 Å². The van der Waals surface area contributed by atoms with Gasteiger partial charge >= 0.3 is 0 Å². The van der Waals surface area contributed by atoms with Gasteiger partial charge in [-0.2, -0.15) is 0 Å². The summed E-state index contributed by atoms with van der Waals surface area (Å²) >= 11 is 0. The van der Waals surface area contributed by atoms with Crippen LogP contribution >= 0.6 is 0 Å². The smallest absolute Gasteiger partial charge is 0.256 e. The van der Waals surface area contributed by atoms with Crippen molar-refractivity contribution in [3.05, 3.63) is 52.6 Å².